The first kappa shape index (κ1) is 21.8. The normalized spacial score (nSPS) is 18.7. The molecule has 2 aromatic rings. The number of benzene rings is 1. The summed E-state index contributed by atoms with van der Waals surface area (Å²) in [5.41, 5.74) is -0.202. The Morgan fingerprint density at radius 1 is 1.13 bits per heavy atom. The second-order valence-electron chi connectivity index (χ2n) is 7.79. The van der Waals surface area contributed by atoms with Gasteiger partial charge in [0.2, 0.25) is 5.91 Å². The number of anilines is 1. The fraction of sp³-hybridized carbons (Fsp3) is 0.429. The molecule has 2 aliphatic rings. The summed E-state index contributed by atoms with van der Waals surface area (Å²) in [6.07, 6.45) is -1.83. The van der Waals surface area contributed by atoms with E-state index in [4.69, 9.17) is 11.6 Å². The molecule has 0 radical (unpaired) electrons. The Morgan fingerprint density at radius 2 is 1.77 bits per heavy atom. The topological polar surface area (TPSA) is 48.5 Å². The fourth-order valence-corrected chi connectivity index (χ4v) is 3.98. The number of halogens is 5. The number of carbonyl (C=O) groups is 1. The van der Waals surface area contributed by atoms with E-state index in [1.807, 2.05) is 4.90 Å². The average Bonchev–Trinajstić information content (AvgIpc) is 3.53. The van der Waals surface area contributed by atoms with Crippen LogP contribution in [0.1, 0.15) is 30.0 Å². The van der Waals surface area contributed by atoms with Gasteiger partial charge in [0.05, 0.1) is 10.6 Å². The smallest absolute Gasteiger partial charge is 0.353 e. The van der Waals surface area contributed by atoms with E-state index in [2.05, 4.69) is 10.3 Å². The highest BCUT2D eigenvalue weighted by atomic mass is 35.5. The zero-order valence-corrected chi connectivity index (χ0v) is 17.3. The van der Waals surface area contributed by atoms with Gasteiger partial charge in [0.15, 0.2) is 0 Å². The number of nitrogens with one attached hydrogen (secondary N) is 1. The Hall–Kier alpha value is -2.39. The molecule has 0 spiro atoms. The van der Waals surface area contributed by atoms with Gasteiger partial charge in [0, 0.05) is 38.4 Å². The number of hydrogen-bond acceptors (Lipinski definition) is 4. The fourth-order valence-electron chi connectivity index (χ4n) is 3.69. The minimum atomic E-state index is -4.51. The monoisotopic (exact) mass is 456 g/mol. The average molecular weight is 457 g/mol. The summed E-state index contributed by atoms with van der Waals surface area (Å²) < 4.78 is 52.0. The van der Waals surface area contributed by atoms with Crippen molar-refractivity contribution in [2.24, 2.45) is 0 Å². The van der Waals surface area contributed by atoms with Crippen LogP contribution < -0.4 is 10.2 Å². The highest BCUT2D eigenvalue weighted by Crippen LogP contribution is 2.34. The minimum Gasteiger partial charge on any atom is -0.353 e. The number of aromatic nitrogens is 1. The van der Waals surface area contributed by atoms with Crippen molar-refractivity contribution < 1.29 is 22.4 Å². The van der Waals surface area contributed by atoms with Crippen LogP contribution in [0.25, 0.3) is 0 Å². The molecule has 5 nitrogen and oxygen atoms in total. The molecule has 4 rings (SSSR count). The van der Waals surface area contributed by atoms with Gasteiger partial charge < -0.3 is 10.2 Å². The Balaban J connectivity index is 1.48. The van der Waals surface area contributed by atoms with Crippen LogP contribution in [0.15, 0.2) is 36.5 Å². The molecule has 1 aromatic carbocycles. The summed E-state index contributed by atoms with van der Waals surface area (Å²) in [7, 11) is 0. The zero-order chi connectivity index (χ0) is 22.2. The molecule has 1 saturated carbocycles. The van der Waals surface area contributed by atoms with Gasteiger partial charge in [-0.3, -0.25) is 9.69 Å². The molecule has 0 bridgehead atoms. The van der Waals surface area contributed by atoms with E-state index in [0.717, 1.165) is 25.1 Å². The lowest BCUT2D eigenvalue weighted by Crippen LogP contribution is -2.51. The number of amides is 1. The van der Waals surface area contributed by atoms with Gasteiger partial charge in [-0.25, -0.2) is 9.37 Å². The van der Waals surface area contributed by atoms with E-state index in [-0.39, 0.29) is 28.6 Å². The molecule has 1 saturated heterocycles. The molecule has 1 N–H and O–H groups in total. The van der Waals surface area contributed by atoms with E-state index in [1.54, 1.807) is 17.0 Å². The van der Waals surface area contributed by atoms with Gasteiger partial charge in [0.25, 0.3) is 0 Å². The lowest BCUT2D eigenvalue weighted by Gasteiger charge is -2.39. The minimum absolute atomic E-state index is 0.0650. The van der Waals surface area contributed by atoms with Crippen molar-refractivity contribution in [1.82, 2.24) is 15.2 Å². The Morgan fingerprint density at radius 3 is 2.32 bits per heavy atom. The van der Waals surface area contributed by atoms with Gasteiger partial charge >= 0.3 is 6.18 Å². The molecule has 2 heterocycles. The van der Waals surface area contributed by atoms with Gasteiger partial charge in [-0.05, 0) is 36.6 Å². The molecular weight excluding hydrogens is 436 g/mol. The van der Waals surface area contributed by atoms with E-state index >= 15 is 0 Å². The molecule has 166 valence electrons. The predicted molar refractivity (Wildman–Crippen MR) is 108 cm³/mol. The molecule has 1 aromatic heterocycles. The molecule has 2 fully saturated rings. The third kappa shape index (κ3) is 5.10. The van der Waals surface area contributed by atoms with Crippen molar-refractivity contribution >= 4 is 23.3 Å². The van der Waals surface area contributed by atoms with Crippen LogP contribution in [0.4, 0.5) is 23.4 Å². The van der Waals surface area contributed by atoms with Crippen molar-refractivity contribution in [2.75, 3.05) is 31.1 Å². The number of hydrogen-bond donors (Lipinski definition) is 1. The Labute approximate surface area is 182 Å². The number of nitrogens with zero attached hydrogens (tertiary/aromatic N) is 3. The maximum Gasteiger partial charge on any atom is 0.417 e. The number of rotatable bonds is 5. The lowest BCUT2D eigenvalue weighted by atomic mass is 10.0. The third-order valence-corrected chi connectivity index (χ3v) is 5.76. The Bertz CT molecular complexity index is 941. The van der Waals surface area contributed by atoms with Crippen molar-refractivity contribution in [3.8, 4) is 0 Å². The molecule has 1 unspecified atom stereocenters. The highest BCUT2D eigenvalue weighted by Gasteiger charge is 2.35. The van der Waals surface area contributed by atoms with Crippen LogP contribution in [0, 0.1) is 5.82 Å². The zero-order valence-electron chi connectivity index (χ0n) is 16.5. The standard InChI is InChI=1S/C21H21ClF4N4O/c22-17-11-14(21(24,25)26)12-27-19(17)30-9-7-29(8-10-30)18(20(31)28-16-5-6-16)13-1-3-15(23)4-2-13/h1-4,11-12,16,18H,5-10H2,(H,28,31). The van der Waals surface area contributed by atoms with Crippen molar-refractivity contribution in [1.29, 1.82) is 0 Å². The predicted octanol–water partition coefficient (Wildman–Crippen LogP) is 4.03. The molecule has 1 aliphatic heterocycles. The van der Waals surface area contributed by atoms with Crippen molar-refractivity contribution in [3.63, 3.8) is 0 Å². The molecule has 1 atom stereocenters. The molecule has 31 heavy (non-hydrogen) atoms. The van der Waals surface area contributed by atoms with Gasteiger partial charge in [0.1, 0.15) is 17.7 Å². The first-order valence-electron chi connectivity index (χ1n) is 10.00. The summed E-state index contributed by atoms with van der Waals surface area (Å²) in [4.78, 5) is 20.6. The van der Waals surface area contributed by atoms with Crippen LogP contribution in [0.2, 0.25) is 5.02 Å². The first-order valence-corrected chi connectivity index (χ1v) is 10.4. The van der Waals surface area contributed by atoms with Crippen molar-refractivity contribution in [3.05, 3.63) is 58.5 Å². The van der Waals surface area contributed by atoms with E-state index < -0.39 is 17.8 Å². The first-order chi connectivity index (χ1) is 14.7. The maximum atomic E-state index is 13.4. The summed E-state index contributed by atoms with van der Waals surface area (Å²) in [5.74, 6) is -0.221. The van der Waals surface area contributed by atoms with Gasteiger partial charge in [-0.15, -0.1) is 0 Å². The van der Waals surface area contributed by atoms with Crippen molar-refractivity contribution in [2.45, 2.75) is 31.1 Å². The third-order valence-electron chi connectivity index (χ3n) is 5.49. The quantitative estimate of drug-likeness (QED) is 0.690. The van der Waals surface area contributed by atoms with E-state index in [1.165, 1.54) is 12.1 Å². The van der Waals surface area contributed by atoms with E-state index in [9.17, 15) is 22.4 Å². The van der Waals surface area contributed by atoms with Crippen LogP contribution in [0.5, 0.6) is 0 Å². The summed E-state index contributed by atoms with van der Waals surface area (Å²) in [5, 5.41) is 2.94. The number of alkyl halides is 3. The lowest BCUT2D eigenvalue weighted by molar-refractivity contribution is -0.137. The summed E-state index contributed by atoms with van der Waals surface area (Å²) in [6, 6.07) is 6.36. The van der Waals surface area contributed by atoms with Crippen LogP contribution in [0.3, 0.4) is 0 Å². The largest absolute Gasteiger partial charge is 0.417 e. The molecule has 10 heteroatoms. The van der Waals surface area contributed by atoms with Gasteiger partial charge in [-0.2, -0.15) is 13.2 Å². The summed E-state index contributed by atoms with van der Waals surface area (Å²) >= 11 is 6.08. The van der Waals surface area contributed by atoms with Crippen LogP contribution in [-0.4, -0.2) is 48.0 Å². The number of piperazine rings is 1. The number of pyridine rings is 1. The van der Waals surface area contributed by atoms with E-state index in [0.29, 0.717) is 31.7 Å². The maximum absolute atomic E-state index is 13.4. The second-order valence-corrected chi connectivity index (χ2v) is 8.19. The van der Waals surface area contributed by atoms with Crippen LogP contribution in [-0.2, 0) is 11.0 Å². The molecule has 1 aliphatic carbocycles. The summed E-state index contributed by atoms with van der Waals surface area (Å²) in [6.45, 7) is 1.82. The molecular formula is C21H21ClF4N4O. The Kier molecular flexibility index (Phi) is 6.07. The van der Waals surface area contributed by atoms with Crippen LogP contribution >= 0.6 is 11.6 Å². The number of carbonyl (C=O) groups excluding carboxylic acids is 1. The molecule has 1 amide bonds. The van der Waals surface area contributed by atoms with Gasteiger partial charge in [-0.1, -0.05) is 23.7 Å². The highest BCUT2D eigenvalue weighted by molar-refractivity contribution is 6.33. The second kappa shape index (κ2) is 8.63. The SMILES string of the molecule is O=C(NC1CC1)C(c1ccc(F)cc1)N1CCN(c2ncc(C(F)(F)F)cc2Cl)CC1.